The maximum absolute atomic E-state index is 10.8. The molecule has 4 nitrogen and oxygen atoms in total. The third kappa shape index (κ3) is 1.58. The zero-order chi connectivity index (χ0) is 11.7. The summed E-state index contributed by atoms with van der Waals surface area (Å²) in [5, 5.41) is 19.2. The third-order valence-corrected chi connectivity index (χ3v) is 2.54. The molecule has 0 aliphatic heterocycles. The number of rotatable bonds is 2. The van der Waals surface area contributed by atoms with E-state index in [1.807, 2.05) is 13.0 Å². The highest BCUT2D eigenvalue weighted by molar-refractivity contribution is 5.98. The molecule has 0 saturated carbocycles. The molecule has 0 saturated heterocycles. The molecule has 0 aliphatic carbocycles. The predicted molar refractivity (Wildman–Crippen MR) is 59.7 cm³/mol. The van der Waals surface area contributed by atoms with Crippen molar-refractivity contribution in [1.29, 1.82) is 0 Å². The molecule has 2 rings (SSSR count). The minimum atomic E-state index is -1.17. The van der Waals surface area contributed by atoms with E-state index in [0.29, 0.717) is 10.9 Å². The zero-order valence-electron chi connectivity index (χ0n) is 8.77. The van der Waals surface area contributed by atoms with Gasteiger partial charge in [0.25, 0.3) is 0 Å². The van der Waals surface area contributed by atoms with Crippen molar-refractivity contribution in [3.8, 4) is 5.75 Å². The highest BCUT2D eigenvalue weighted by atomic mass is 16.4. The molecular weight excluding hydrogens is 206 g/mol. The van der Waals surface area contributed by atoms with Crippen LogP contribution in [0.15, 0.2) is 24.4 Å². The van der Waals surface area contributed by atoms with Crippen LogP contribution >= 0.6 is 0 Å². The lowest BCUT2D eigenvalue weighted by atomic mass is 10.1. The monoisotopic (exact) mass is 217 g/mol. The van der Waals surface area contributed by atoms with Gasteiger partial charge in [0.05, 0.1) is 5.52 Å². The van der Waals surface area contributed by atoms with Crippen molar-refractivity contribution in [2.24, 2.45) is 0 Å². The number of hydrogen-bond donors (Lipinski definition) is 2. The molecule has 0 bridgehead atoms. The molecule has 2 N–H and O–H groups in total. The van der Waals surface area contributed by atoms with Gasteiger partial charge >= 0.3 is 5.97 Å². The number of carbonyl (C=O) groups is 1. The third-order valence-electron chi connectivity index (χ3n) is 2.54. The normalized spacial score (nSPS) is 10.6. The van der Waals surface area contributed by atoms with Gasteiger partial charge < -0.3 is 10.2 Å². The Bertz CT molecular complexity index is 563. The number of aromatic nitrogens is 1. The second-order valence-electron chi connectivity index (χ2n) is 3.53. The largest absolute Gasteiger partial charge is 0.506 e. The van der Waals surface area contributed by atoms with E-state index >= 15 is 0 Å². The number of nitrogens with zero attached hydrogens (tertiary/aromatic N) is 1. The van der Waals surface area contributed by atoms with Gasteiger partial charge in [0.1, 0.15) is 11.3 Å². The molecule has 0 radical (unpaired) electrons. The van der Waals surface area contributed by atoms with Crippen molar-refractivity contribution in [2.75, 3.05) is 0 Å². The molecule has 16 heavy (non-hydrogen) atoms. The average molecular weight is 217 g/mol. The fourth-order valence-electron chi connectivity index (χ4n) is 1.60. The SMILES string of the molecule is CCc1ccc2ncc(C(=O)O)c(O)c2c1. The molecule has 2 aromatic rings. The van der Waals surface area contributed by atoms with E-state index in [-0.39, 0.29) is 11.3 Å². The summed E-state index contributed by atoms with van der Waals surface area (Å²) >= 11 is 0. The average Bonchev–Trinajstić information content (AvgIpc) is 2.28. The number of fused-ring (bicyclic) bond motifs is 1. The fourth-order valence-corrected chi connectivity index (χ4v) is 1.60. The summed E-state index contributed by atoms with van der Waals surface area (Å²) in [7, 11) is 0. The number of benzene rings is 1. The summed E-state index contributed by atoms with van der Waals surface area (Å²) < 4.78 is 0. The van der Waals surface area contributed by atoms with Crippen molar-refractivity contribution in [2.45, 2.75) is 13.3 Å². The molecule has 0 aliphatic rings. The van der Waals surface area contributed by atoms with Crippen LogP contribution in [-0.2, 0) is 6.42 Å². The minimum absolute atomic E-state index is 0.166. The lowest BCUT2D eigenvalue weighted by Crippen LogP contribution is -1.98. The summed E-state index contributed by atoms with van der Waals surface area (Å²) in [6.45, 7) is 1.99. The Morgan fingerprint density at radius 1 is 1.44 bits per heavy atom. The molecule has 4 heteroatoms. The summed E-state index contributed by atoms with van der Waals surface area (Å²) in [5.74, 6) is -1.39. The first-order valence-electron chi connectivity index (χ1n) is 4.97. The maximum Gasteiger partial charge on any atom is 0.341 e. The number of pyridine rings is 1. The topological polar surface area (TPSA) is 70.4 Å². The lowest BCUT2D eigenvalue weighted by Gasteiger charge is -2.05. The Kier molecular flexibility index (Phi) is 2.48. The molecule has 0 atom stereocenters. The Hall–Kier alpha value is -2.10. The van der Waals surface area contributed by atoms with Crippen LogP contribution in [0.1, 0.15) is 22.8 Å². The van der Waals surface area contributed by atoms with Gasteiger partial charge in [-0.2, -0.15) is 0 Å². The minimum Gasteiger partial charge on any atom is -0.506 e. The van der Waals surface area contributed by atoms with Crippen LogP contribution in [0.3, 0.4) is 0 Å². The number of hydrogen-bond acceptors (Lipinski definition) is 3. The first-order chi connectivity index (χ1) is 7.63. The van der Waals surface area contributed by atoms with Crippen LogP contribution in [0.2, 0.25) is 0 Å². The van der Waals surface area contributed by atoms with Gasteiger partial charge in [-0.25, -0.2) is 4.79 Å². The van der Waals surface area contributed by atoms with Crippen molar-refractivity contribution in [3.05, 3.63) is 35.5 Å². The van der Waals surface area contributed by atoms with Gasteiger partial charge in [0, 0.05) is 11.6 Å². The van der Waals surface area contributed by atoms with E-state index in [1.165, 1.54) is 6.20 Å². The maximum atomic E-state index is 10.8. The van der Waals surface area contributed by atoms with E-state index in [9.17, 15) is 9.90 Å². The van der Waals surface area contributed by atoms with Crippen LogP contribution in [0.4, 0.5) is 0 Å². The lowest BCUT2D eigenvalue weighted by molar-refractivity contribution is 0.0693. The van der Waals surface area contributed by atoms with Crippen molar-refractivity contribution < 1.29 is 15.0 Å². The first kappa shape index (κ1) is 10.4. The van der Waals surface area contributed by atoms with Crippen molar-refractivity contribution in [1.82, 2.24) is 4.98 Å². The highest BCUT2D eigenvalue weighted by Crippen LogP contribution is 2.27. The van der Waals surface area contributed by atoms with E-state index in [4.69, 9.17) is 5.11 Å². The highest BCUT2D eigenvalue weighted by Gasteiger charge is 2.13. The number of aryl methyl sites for hydroxylation is 1. The van der Waals surface area contributed by atoms with Crippen molar-refractivity contribution >= 4 is 16.9 Å². The number of aromatic hydroxyl groups is 1. The van der Waals surface area contributed by atoms with E-state index in [2.05, 4.69) is 4.98 Å². The molecule has 0 fully saturated rings. The fraction of sp³-hybridized carbons (Fsp3) is 0.167. The van der Waals surface area contributed by atoms with Gasteiger partial charge in [-0.05, 0) is 24.1 Å². The number of aromatic carboxylic acids is 1. The summed E-state index contributed by atoms with van der Waals surface area (Å²) in [6, 6.07) is 5.46. The van der Waals surface area contributed by atoms with Gasteiger partial charge in [-0.15, -0.1) is 0 Å². The van der Waals surface area contributed by atoms with Crippen LogP contribution in [-0.4, -0.2) is 21.2 Å². The van der Waals surface area contributed by atoms with Crippen LogP contribution < -0.4 is 0 Å². The molecular formula is C12H11NO3. The Morgan fingerprint density at radius 2 is 2.19 bits per heavy atom. The molecule has 82 valence electrons. The first-order valence-corrected chi connectivity index (χ1v) is 4.97. The molecule has 0 spiro atoms. The predicted octanol–water partition coefficient (Wildman–Crippen LogP) is 2.20. The standard InChI is InChI=1S/C12H11NO3/c1-2-7-3-4-10-8(5-7)11(14)9(6-13-10)12(15)16/h3-6H,2H2,1H3,(H,13,14)(H,15,16). The summed E-state index contributed by atoms with van der Waals surface area (Å²) in [5.41, 5.74) is 1.47. The molecule has 0 amide bonds. The van der Waals surface area contributed by atoms with Gasteiger partial charge in [0.2, 0.25) is 0 Å². The summed E-state index contributed by atoms with van der Waals surface area (Å²) in [6.07, 6.45) is 2.00. The molecule has 1 aromatic heterocycles. The zero-order valence-corrected chi connectivity index (χ0v) is 8.77. The molecule has 1 heterocycles. The Morgan fingerprint density at radius 3 is 2.81 bits per heavy atom. The van der Waals surface area contributed by atoms with E-state index < -0.39 is 5.97 Å². The van der Waals surface area contributed by atoms with E-state index in [0.717, 1.165) is 12.0 Å². The van der Waals surface area contributed by atoms with Gasteiger partial charge in [0.15, 0.2) is 0 Å². The van der Waals surface area contributed by atoms with Gasteiger partial charge in [-0.1, -0.05) is 13.0 Å². The van der Waals surface area contributed by atoms with Gasteiger partial charge in [-0.3, -0.25) is 4.98 Å². The smallest absolute Gasteiger partial charge is 0.341 e. The van der Waals surface area contributed by atoms with E-state index in [1.54, 1.807) is 12.1 Å². The summed E-state index contributed by atoms with van der Waals surface area (Å²) in [4.78, 5) is 14.8. The molecule has 1 aromatic carbocycles. The van der Waals surface area contributed by atoms with Crippen LogP contribution in [0.25, 0.3) is 10.9 Å². The van der Waals surface area contributed by atoms with Crippen LogP contribution in [0, 0.1) is 0 Å². The second kappa shape index (κ2) is 3.81. The number of carboxylic acids is 1. The number of carboxylic acid groups (broad SMARTS) is 1. The van der Waals surface area contributed by atoms with Crippen molar-refractivity contribution in [3.63, 3.8) is 0 Å². The van der Waals surface area contributed by atoms with Crippen LogP contribution in [0.5, 0.6) is 5.75 Å². The second-order valence-corrected chi connectivity index (χ2v) is 3.53. The Labute approximate surface area is 92.2 Å². The quantitative estimate of drug-likeness (QED) is 0.809. The Balaban J connectivity index is 2.75. The molecule has 0 unspecified atom stereocenters.